The summed E-state index contributed by atoms with van der Waals surface area (Å²) >= 11 is 0. The molecule has 0 atom stereocenters. The molecule has 1 aromatic rings. The van der Waals surface area contributed by atoms with E-state index >= 15 is 0 Å². The number of benzene rings is 1. The first-order chi connectivity index (χ1) is 9.20. The molecular formula is C16H26N2O. The minimum Gasteiger partial charge on any atom is -0.507 e. The maximum absolute atomic E-state index is 9.99. The molecule has 1 aliphatic heterocycles. The van der Waals surface area contributed by atoms with E-state index < -0.39 is 0 Å². The van der Waals surface area contributed by atoms with Crippen LogP contribution in [0, 0.1) is 6.92 Å². The van der Waals surface area contributed by atoms with E-state index in [1.165, 1.54) is 38.9 Å². The van der Waals surface area contributed by atoms with Gasteiger partial charge in [-0.2, -0.15) is 0 Å². The van der Waals surface area contributed by atoms with E-state index in [9.17, 15) is 5.11 Å². The van der Waals surface area contributed by atoms with Gasteiger partial charge in [0.25, 0.3) is 0 Å². The largest absolute Gasteiger partial charge is 0.507 e. The van der Waals surface area contributed by atoms with Crippen molar-refractivity contribution in [1.29, 1.82) is 0 Å². The van der Waals surface area contributed by atoms with E-state index in [0.717, 1.165) is 17.7 Å². The van der Waals surface area contributed by atoms with Gasteiger partial charge in [0, 0.05) is 18.2 Å². The Morgan fingerprint density at radius 1 is 1.32 bits per heavy atom. The predicted molar refractivity (Wildman–Crippen MR) is 79.4 cm³/mol. The Morgan fingerprint density at radius 2 is 2.05 bits per heavy atom. The second-order valence-corrected chi connectivity index (χ2v) is 5.58. The van der Waals surface area contributed by atoms with E-state index in [-0.39, 0.29) is 0 Å². The van der Waals surface area contributed by atoms with Gasteiger partial charge in [-0.1, -0.05) is 25.1 Å². The second kappa shape index (κ2) is 6.92. The molecule has 19 heavy (non-hydrogen) atoms. The molecule has 1 aliphatic rings. The molecule has 0 spiro atoms. The highest BCUT2D eigenvalue weighted by Crippen LogP contribution is 2.21. The number of rotatable bonds is 5. The van der Waals surface area contributed by atoms with Gasteiger partial charge < -0.3 is 15.3 Å². The summed E-state index contributed by atoms with van der Waals surface area (Å²) in [5.41, 5.74) is 1.97. The Hall–Kier alpha value is -1.06. The highest BCUT2D eigenvalue weighted by atomic mass is 16.3. The van der Waals surface area contributed by atoms with Crippen LogP contribution in [0.5, 0.6) is 5.75 Å². The molecule has 3 heteroatoms. The third kappa shape index (κ3) is 3.95. The lowest BCUT2D eigenvalue weighted by Crippen LogP contribution is -2.42. The number of para-hydroxylation sites is 1. The minimum absolute atomic E-state index is 0.443. The zero-order valence-corrected chi connectivity index (χ0v) is 12.2. The molecule has 2 N–H and O–H groups in total. The number of nitrogens with one attached hydrogen (secondary N) is 1. The molecule has 1 aromatic carbocycles. The Balaban J connectivity index is 1.79. The molecule has 0 bridgehead atoms. The Morgan fingerprint density at radius 3 is 2.74 bits per heavy atom. The van der Waals surface area contributed by atoms with Gasteiger partial charge in [-0.3, -0.25) is 0 Å². The van der Waals surface area contributed by atoms with E-state index in [2.05, 4.69) is 17.1 Å². The number of piperidine rings is 1. The molecular weight excluding hydrogens is 236 g/mol. The van der Waals surface area contributed by atoms with Crippen molar-refractivity contribution in [3.8, 4) is 5.75 Å². The summed E-state index contributed by atoms with van der Waals surface area (Å²) in [4.78, 5) is 2.54. The predicted octanol–water partition coefficient (Wildman–Crippen LogP) is 2.66. The topological polar surface area (TPSA) is 35.5 Å². The normalized spacial score (nSPS) is 17.8. The van der Waals surface area contributed by atoms with Crippen LogP contribution in [0.1, 0.15) is 37.3 Å². The van der Waals surface area contributed by atoms with Gasteiger partial charge in [0.05, 0.1) is 0 Å². The number of phenolic OH excluding ortho intramolecular Hbond substituents is 1. The third-order valence-electron chi connectivity index (χ3n) is 4.03. The molecule has 1 fully saturated rings. The summed E-state index contributed by atoms with van der Waals surface area (Å²) < 4.78 is 0. The molecule has 106 valence electrons. The lowest BCUT2D eigenvalue weighted by atomic mass is 10.0. The van der Waals surface area contributed by atoms with Crippen molar-refractivity contribution >= 4 is 0 Å². The van der Waals surface area contributed by atoms with Crippen LogP contribution >= 0.6 is 0 Å². The lowest BCUT2D eigenvalue weighted by Gasteiger charge is -2.32. The van der Waals surface area contributed by atoms with E-state index in [4.69, 9.17) is 0 Å². The minimum atomic E-state index is 0.443. The summed E-state index contributed by atoms with van der Waals surface area (Å²) in [7, 11) is 0. The number of hydrogen-bond donors (Lipinski definition) is 2. The van der Waals surface area contributed by atoms with Crippen molar-refractivity contribution in [2.75, 3.05) is 19.6 Å². The maximum atomic E-state index is 9.99. The van der Waals surface area contributed by atoms with Crippen molar-refractivity contribution in [1.82, 2.24) is 10.2 Å². The first kappa shape index (κ1) is 14.4. The summed E-state index contributed by atoms with van der Waals surface area (Å²) in [6, 6.07) is 6.55. The van der Waals surface area contributed by atoms with Gasteiger partial charge in [0.2, 0.25) is 0 Å². The van der Waals surface area contributed by atoms with Crippen LogP contribution in [-0.4, -0.2) is 35.7 Å². The zero-order chi connectivity index (χ0) is 13.7. The van der Waals surface area contributed by atoms with Crippen LogP contribution in [0.2, 0.25) is 0 Å². The van der Waals surface area contributed by atoms with Gasteiger partial charge >= 0.3 is 0 Å². The smallest absolute Gasteiger partial charge is 0.122 e. The Labute approximate surface area is 116 Å². The molecule has 0 radical (unpaired) electrons. The van der Waals surface area contributed by atoms with Crippen LogP contribution in [0.25, 0.3) is 0 Å². The van der Waals surface area contributed by atoms with Crippen LogP contribution in [0.15, 0.2) is 18.2 Å². The Kier molecular flexibility index (Phi) is 5.23. The number of hydrogen-bond acceptors (Lipinski definition) is 3. The number of phenols is 1. The summed E-state index contributed by atoms with van der Waals surface area (Å²) in [6.07, 6.45) is 3.68. The molecule has 0 saturated carbocycles. The van der Waals surface area contributed by atoms with Crippen LogP contribution in [0.3, 0.4) is 0 Å². The summed E-state index contributed by atoms with van der Waals surface area (Å²) in [6.45, 7) is 8.58. The average molecular weight is 262 g/mol. The first-order valence-corrected chi connectivity index (χ1v) is 7.44. The molecule has 0 amide bonds. The monoisotopic (exact) mass is 262 g/mol. The molecule has 1 saturated heterocycles. The fourth-order valence-corrected chi connectivity index (χ4v) is 2.79. The molecule has 0 aromatic heterocycles. The van der Waals surface area contributed by atoms with Gasteiger partial charge in [0.1, 0.15) is 5.75 Å². The summed E-state index contributed by atoms with van der Waals surface area (Å²) in [5, 5.41) is 13.6. The van der Waals surface area contributed by atoms with Crippen LogP contribution in [0.4, 0.5) is 0 Å². The second-order valence-electron chi connectivity index (χ2n) is 5.58. The van der Waals surface area contributed by atoms with E-state index in [0.29, 0.717) is 11.8 Å². The van der Waals surface area contributed by atoms with Crippen molar-refractivity contribution in [2.24, 2.45) is 0 Å². The lowest BCUT2D eigenvalue weighted by molar-refractivity contribution is 0.197. The molecule has 3 nitrogen and oxygen atoms in total. The molecule has 0 unspecified atom stereocenters. The van der Waals surface area contributed by atoms with E-state index in [1.54, 1.807) is 0 Å². The van der Waals surface area contributed by atoms with Crippen molar-refractivity contribution in [3.05, 3.63) is 29.3 Å². The van der Waals surface area contributed by atoms with E-state index in [1.807, 2.05) is 25.1 Å². The molecule has 0 aliphatic carbocycles. The van der Waals surface area contributed by atoms with Crippen molar-refractivity contribution in [3.63, 3.8) is 0 Å². The van der Waals surface area contributed by atoms with Gasteiger partial charge in [-0.05, 0) is 51.4 Å². The van der Waals surface area contributed by atoms with Crippen molar-refractivity contribution in [2.45, 2.75) is 45.7 Å². The molecule has 1 heterocycles. The first-order valence-electron chi connectivity index (χ1n) is 7.44. The zero-order valence-electron chi connectivity index (χ0n) is 12.2. The summed E-state index contributed by atoms with van der Waals surface area (Å²) in [5.74, 6) is 0.443. The highest BCUT2D eigenvalue weighted by molar-refractivity contribution is 5.39. The number of aryl methyl sites for hydroxylation is 1. The highest BCUT2D eigenvalue weighted by Gasteiger charge is 2.18. The maximum Gasteiger partial charge on any atom is 0.122 e. The van der Waals surface area contributed by atoms with Crippen LogP contribution in [-0.2, 0) is 6.54 Å². The van der Waals surface area contributed by atoms with Gasteiger partial charge in [-0.15, -0.1) is 0 Å². The molecule has 2 rings (SSSR count). The quantitative estimate of drug-likeness (QED) is 0.856. The number of aromatic hydroxyl groups is 1. The third-order valence-corrected chi connectivity index (χ3v) is 4.03. The number of nitrogens with zero attached hydrogens (tertiary/aromatic N) is 1. The van der Waals surface area contributed by atoms with Gasteiger partial charge in [0.15, 0.2) is 0 Å². The van der Waals surface area contributed by atoms with Crippen molar-refractivity contribution < 1.29 is 5.11 Å². The Bertz CT molecular complexity index is 398. The fourth-order valence-electron chi connectivity index (χ4n) is 2.79. The SMILES string of the molecule is CCCN1CCC(NCc2cccc(C)c2O)CC1. The fraction of sp³-hybridized carbons (Fsp3) is 0.625. The number of likely N-dealkylation sites (tertiary alicyclic amines) is 1. The standard InChI is InChI=1S/C16H26N2O/c1-3-9-18-10-7-15(8-11-18)17-12-14-6-4-5-13(2)16(14)19/h4-6,15,17,19H,3,7-12H2,1-2H3. The van der Waals surface area contributed by atoms with Crippen LogP contribution < -0.4 is 5.32 Å². The van der Waals surface area contributed by atoms with Gasteiger partial charge in [-0.25, -0.2) is 0 Å². The average Bonchev–Trinajstić information content (AvgIpc) is 2.42.